The Morgan fingerprint density at radius 2 is 2.16 bits per heavy atom. The van der Waals surface area contributed by atoms with E-state index < -0.39 is 0 Å². The molecule has 0 bridgehead atoms. The molecule has 0 amide bonds. The molecule has 0 atom stereocenters. The van der Waals surface area contributed by atoms with Crippen LogP contribution in [-0.4, -0.2) is 28.1 Å². The predicted molar refractivity (Wildman–Crippen MR) is 73.7 cm³/mol. The first-order valence-electron chi connectivity index (χ1n) is 6.35. The minimum atomic E-state index is 0.533. The van der Waals surface area contributed by atoms with Crippen LogP contribution < -0.4 is 5.32 Å². The Kier molecular flexibility index (Phi) is 3.82. The molecule has 0 aliphatic heterocycles. The van der Waals surface area contributed by atoms with Crippen molar-refractivity contribution in [2.24, 2.45) is 0 Å². The molecule has 1 fully saturated rings. The molecule has 2 aromatic heterocycles. The fourth-order valence-corrected chi connectivity index (χ4v) is 2.76. The summed E-state index contributed by atoms with van der Waals surface area (Å²) < 4.78 is 5.22. The first-order chi connectivity index (χ1) is 9.36. The predicted octanol–water partition coefficient (Wildman–Crippen LogP) is 2.00. The van der Waals surface area contributed by atoms with E-state index in [2.05, 4.69) is 20.3 Å². The Labute approximate surface area is 116 Å². The van der Waals surface area contributed by atoms with E-state index in [9.17, 15) is 0 Å². The van der Waals surface area contributed by atoms with Gasteiger partial charge in [-0.05, 0) is 18.9 Å². The molecule has 0 aromatic carbocycles. The monoisotopic (exact) mass is 276 g/mol. The first-order valence-corrected chi connectivity index (χ1v) is 7.16. The van der Waals surface area contributed by atoms with Crippen LogP contribution in [0.4, 0.5) is 0 Å². The van der Waals surface area contributed by atoms with Crippen LogP contribution in [0.15, 0.2) is 18.5 Å². The summed E-state index contributed by atoms with van der Waals surface area (Å²) in [5.74, 6) is 0.683. The van der Waals surface area contributed by atoms with Crippen LogP contribution >= 0.6 is 11.3 Å². The Bertz CT molecular complexity index is 539. The molecule has 19 heavy (non-hydrogen) atoms. The molecule has 1 N–H and O–H groups in total. The third-order valence-corrected chi connectivity index (χ3v) is 4.04. The van der Waals surface area contributed by atoms with Crippen molar-refractivity contribution < 1.29 is 4.74 Å². The van der Waals surface area contributed by atoms with Crippen molar-refractivity contribution in [1.29, 1.82) is 0 Å². The summed E-state index contributed by atoms with van der Waals surface area (Å²) in [4.78, 5) is 14.3. The maximum absolute atomic E-state index is 5.22. The number of hydrogen-bond acceptors (Lipinski definition) is 6. The summed E-state index contributed by atoms with van der Waals surface area (Å²) in [6.07, 6.45) is 6.05. The normalized spacial score (nSPS) is 14.8. The van der Waals surface area contributed by atoms with Gasteiger partial charge >= 0.3 is 0 Å². The molecule has 3 rings (SSSR count). The molecule has 1 aliphatic carbocycles. The van der Waals surface area contributed by atoms with Gasteiger partial charge in [-0.3, -0.25) is 0 Å². The van der Waals surface area contributed by atoms with Crippen LogP contribution in [0.2, 0.25) is 0 Å². The van der Waals surface area contributed by atoms with E-state index in [0.717, 1.165) is 17.2 Å². The van der Waals surface area contributed by atoms with E-state index in [-0.39, 0.29) is 0 Å². The highest BCUT2D eigenvalue weighted by Crippen LogP contribution is 2.27. The molecule has 100 valence electrons. The summed E-state index contributed by atoms with van der Waals surface area (Å²) in [6, 6.07) is 2.50. The second-order valence-corrected chi connectivity index (χ2v) is 5.63. The zero-order valence-electron chi connectivity index (χ0n) is 10.8. The van der Waals surface area contributed by atoms with Crippen LogP contribution in [-0.2, 0) is 17.9 Å². The van der Waals surface area contributed by atoms with E-state index in [1.807, 2.05) is 6.07 Å². The number of hydrogen-bond donors (Lipinski definition) is 1. The number of thiazole rings is 1. The van der Waals surface area contributed by atoms with E-state index in [1.165, 1.54) is 17.7 Å². The minimum absolute atomic E-state index is 0.533. The molecular weight excluding hydrogens is 260 g/mol. The van der Waals surface area contributed by atoms with Crippen LogP contribution in [0.3, 0.4) is 0 Å². The Hall–Kier alpha value is -1.37. The number of nitrogens with one attached hydrogen (secondary N) is 1. The summed E-state index contributed by atoms with van der Waals surface area (Å²) in [5.41, 5.74) is 0.989. The van der Waals surface area contributed by atoms with Gasteiger partial charge in [0, 0.05) is 37.0 Å². The zero-order chi connectivity index (χ0) is 13.1. The highest BCUT2D eigenvalue weighted by atomic mass is 32.1. The molecule has 0 saturated heterocycles. The lowest BCUT2D eigenvalue weighted by molar-refractivity contribution is 0.181. The molecule has 2 aromatic rings. The quantitative estimate of drug-likeness (QED) is 0.874. The number of methoxy groups -OCH3 is 1. The van der Waals surface area contributed by atoms with Crippen LogP contribution in [0, 0.1) is 0 Å². The van der Waals surface area contributed by atoms with Crippen LogP contribution in [0.1, 0.15) is 23.4 Å². The number of nitrogens with zero attached hydrogens (tertiary/aromatic N) is 3. The van der Waals surface area contributed by atoms with Gasteiger partial charge in [-0.2, -0.15) is 0 Å². The Morgan fingerprint density at radius 1 is 1.37 bits per heavy atom. The lowest BCUT2D eigenvalue weighted by atomic mass is 10.3. The van der Waals surface area contributed by atoms with Crippen molar-refractivity contribution in [3.63, 3.8) is 0 Å². The molecule has 2 heterocycles. The lowest BCUT2D eigenvalue weighted by Crippen LogP contribution is -2.15. The molecule has 0 unspecified atom stereocenters. The molecule has 6 heteroatoms. The lowest BCUT2D eigenvalue weighted by Gasteiger charge is -2.02. The summed E-state index contributed by atoms with van der Waals surface area (Å²) in [7, 11) is 1.69. The average molecular weight is 276 g/mol. The van der Waals surface area contributed by atoms with Crippen molar-refractivity contribution in [2.75, 3.05) is 7.11 Å². The minimum Gasteiger partial charge on any atom is -0.378 e. The zero-order valence-corrected chi connectivity index (χ0v) is 11.6. The maximum atomic E-state index is 5.22. The van der Waals surface area contributed by atoms with Crippen LogP contribution in [0.25, 0.3) is 10.8 Å². The SMILES string of the molecule is COCc1nc(-c2ncccn2)sc1CNC1CC1. The number of ether oxygens (including phenoxy) is 1. The third kappa shape index (κ3) is 3.15. The van der Waals surface area contributed by atoms with Gasteiger partial charge in [-0.1, -0.05) is 0 Å². The van der Waals surface area contributed by atoms with Gasteiger partial charge in [-0.15, -0.1) is 11.3 Å². The second-order valence-electron chi connectivity index (χ2n) is 4.55. The first kappa shape index (κ1) is 12.7. The highest BCUT2D eigenvalue weighted by Gasteiger charge is 2.22. The molecule has 1 aliphatic rings. The van der Waals surface area contributed by atoms with E-state index in [1.54, 1.807) is 30.8 Å². The Balaban J connectivity index is 1.82. The summed E-state index contributed by atoms with van der Waals surface area (Å²) in [5, 5.41) is 4.37. The highest BCUT2D eigenvalue weighted by molar-refractivity contribution is 7.15. The molecular formula is C13H16N4OS. The molecule has 1 saturated carbocycles. The van der Waals surface area contributed by atoms with Crippen molar-refractivity contribution in [3.05, 3.63) is 29.0 Å². The summed E-state index contributed by atoms with van der Waals surface area (Å²) >= 11 is 1.64. The smallest absolute Gasteiger partial charge is 0.188 e. The topological polar surface area (TPSA) is 59.9 Å². The third-order valence-electron chi connectivity index (χ3n) is 2.95. The van der Waals surface area contributed by atoms with Gasteiger partial charge in [0.1, 0.15) is 0 Å². The molecule has 0 spiro atoms. The average Bonchev–Trinajstić information content (AvgIpc) is 3.19. The van der Waals surface area contributed by atoms with Gasteiger partial charge in [-0.25, -0.2) is 15.0 Å². The molecule has 0 radical (unpaired) electrons. The van der Waals surface area contributed by atoms with E-state index in [0.29, 0.717) is 18.5 Å². The maximum Gasteiger partial charge on any atom is 0.188 e. The van der Waals surface area contributed by atoms with Gasteiger partial charge in [0.15, 0.2) is 10.8 Å². The van der Waals surface area contributed by atoms with E-state index >= 15 is 0 Å². The van der Waals surface area contributed by atoms with Crippen LogP contribution in [0.5, 0.6) is 0 Å². The van der Waals surface area contributed by atoms with Crippen molar-refractivity contribution in [1.82, 2.24) is 20.3 Å². The standard InChI is InChI=1S/C13H16N4OS/c1-18-8-10-11(7-16-9-3-4-9)19-13(17-10)12-14-5-2-6-15-12/h2,5-6,9,16H,3-4,7-8H2,1H3. The van der Waals surface area contributed by atoms with Gasteiger partial charge in [0.25, 0.3) is 0 Å². The fourth-order valence-electron chi connectivity index (χ4n) is 1.80. The number of rotatable bonds is 6. The largest absolute Gasteiger partial charge is 0.378 e. The van der Waals surface area contributed by atoms with E-state index in [4.69, 9.17) is 4.74 Å². The Morgan fingerprint density at radius 3 is 2.84 bits per heavy atom. The van der Waals surface area contributed by atoms with Gasteiger partial charge in [0.05, 0.1) is 12.3 Å². The fraction of sp³-hybridized carbons (Fsp3) is 0.462. The second kappa shape index (κ2) is 5.73. The van der Waals surface area contributed by atoms with Crippen molar-refractivity contribution in [3.8, 4) is 10.8 Å². The number of aromatic nitrogens is 3. The van der Waals surface area contributed by atoms with Gasteiger partial charge < -0.3 is 10.1 Å². The van der Waals surface area contributed by atoms with Gasteiger partial charge in [0.2, 0.25) is 0 Å². The van der Waals surface area contributed by atoms with Crippen molar-refractivity contribution >= 4 is 11.3 Å². The molecule has 5 nitrogen and oxygen atoms in total. The summed E-state index contributed by atoms with van der Waals surface area (Å²) in [6.45, 7) is 1.39. The van der Waals surface area contributed by atoms with Crippen molar-refractivity contribution in [2.45, 2.75) is 32.0 Å².